The topological polar surface area (TPSA) is 33.3 Å². The van der Waals surface area contributed by atoms with Crippen LogP contribution in [0.1, 0.15) is 23.1 Å². The van der Waals surface area contributed by atoms with E-state index in [0.29, 0.717) is 6.04 Å². The van der Waals surface area contributed by atoms with E-state index >= 15 is 0 Å². The number of aryl methyl sites for hydroxylation is 2. The average molecular weight is 248 g/mol. The predicted octanol–water partition coefficient (Wildman–Crippen LogP) is 1.81. The molecule has 0 radical (unpaired) electrons. The number of ether oxygens (including phenoxy) is 1. The molecule has 1 atom stereocenters. The highest BCUT2D eigenvalue weighted by Crippen LogP contribution is 2.23. The first-order chi connectivity index (χ1) is 8.70. The number of nitrogens with one attached hydrogen (secondary N) is 2. The molecule has 100 valence electrons. The van der Waals surface area contributed by atoms with Gasteiger partial charge >= 0.3 is 0 Å². The second kappa shape index (κ2) is 6.21. The van der Waals surface area contributed by atoms with Gasteiger partial charge in [-0.05, 0) is 62.5 Å². The van der Waals surface area contributed by atoms with Crippen molar-refractivity contribution >= 4 is 0 Å². The lowest BCUT2D eigenvalue weighted by atomic mass is 10.0. The first kappa shape index (κ1) is 13.4. The summed E-state index contributed by atoms with van der Waals surface area (Å²) in [5.41, 5.74) is 3.94. The molecule has 1 saturated heterocycles. The number of benzene rings is 1. The van der Waals surface area contributed by atoms with Crippen LogP contribution < -0.4 is 15.4 Å². The van der Waals surface area contributed by atoms with Crippen LogP contribution in [0.25, 0.3) is 0 Å². The molecule has 1 unspecified atom stereocenters. The molecule has 0 saturated carbocycles. The van der Waals surface area contributed by atoms with Crippen molar-refractivity contribution in [3.05, 3.63) is 28.8 Å². The zero-order chi connectivity index (χ0) is 13.0. The molecule has 0 spiro atoms. The molecule has 1 fully saturated rings. The largest absolute Gasteiger partial charge is 0.496 e. The van der Waals surface area contributed by atoms with Crippen LogP contribution in [0.15, 0.2) is 12.1 Å². The Morgan fingerprint density at radius 2 is 2.11 bits per heavy atom. The maximum Gasteiger partial charge on any atom is 0.122 e. The molecule has 1 aromatic rings. The van der Waals surface area contributed by atoms with Crippen molar-refractivity contribution in [1.29, 1.82) is 0 Å². The third-order valence-electron chi connectivity index (χ3n) is 3.78. The van der Waals surface area contributed by atoms with Crippen molar-refractivity contribution in [3.8, 4) is 5.75 Å². The number of hydrogen-bond acceptors (Lipinski definition) is 3. The fourth-order valence-corrected chi connectivity index (χ4v) is 2.47. The molecule has 0 amide bonds. The molecule has 1 aliphatic heterocycles. The van der Waals surface area contributed by atoms with Crippen LogP contribution in [0, 0.1) is 13.8 Å². The Hall–Kier alpha value is -1.06. The quantitative estimate of drug-likeness (QED) is 0.834. The molecule has 1 heterocycles. The van der Waals surface area contributed by atoms with Gasteiger partial charge in [0.25, 0.3) is 0 Å². The minimum atomic E-state index is 0.641. The Labute approximate surface area is 110 Å². The van der Waals surface area contributed by atoms with Crippen molar-refractivity contribution in [2.45, 2.75) is 32.7 Å². The van der Waals surface area contributed by atoms with Gasteiger partial charge in [0, 0.05) is 12.6 Å². The van der Waals surface area contributed by atoms with E-state index in [2.05, 4.69) is 36.6 Å². The lowest BCUT2D eigenvalue weighted by Crippen LogP contribution is -2.32. The summed E-state index contributed by atoms with van der Waals surface area (Å²) in [6.45, 7) is 7.55. The van der Waals surface area contributed by atoms with Gasteiger partial charge in [0.15, 0.2) is 0 Å². The van der Waals surface area contributed by atoms with Crippen molar-refractivity contribution in [3.63, 3.8) is 0 Å². The summed E-state index contributed by atoms with van der Waals surface area (Å²) in [4.78, 5) is 0. The second-order valence-electron chi connectivity index (χ2n) is 5.14. The Balaban J connectivity index is 1.93. The SMILES string of the molecule is COc1cc(C)c(C)cc1CCNC1CCNC1. The highest BCUT2D eigenvalue weighted by Gasteiger charge is 2.13. The lowest BCUT2D eigenvalue weighted by molar-refractivity contribution is 0.408. The Morgan fingerprint density at radius 3 is 2.78 bits per heavy atom. The highest BCUT2D eigenvalue weighted by molar-refractivity contribution is 5.41. The molecule has 3 nitrogen and oxygen atoms in total. The van der Waals surface area contributed by atoms with Crippen LogP contribution in [-0.4, -0.2) is 32.8 Å². The standard InChI is InChI=1S/C15H24N2O/c1-11-8-13(15(18-3)9-12(11)2)4-7-17-14-5-6-16-10-14/h8-9,14,16-17H,4-7,10H2,1-3H3. The summed E-state index contributed by atoms with van der Waals surface area (Å²) in [6.07, 6.45) is 2.27. The number of rotatable bonds is 5. The van der Waals surface area contributed by atoms with Crippen molar-refractivity contribution < 1.29 is 4.74 Å². The minimum absolute atomic E-state index is 0.641. The van der Waals surface area contributed by atoms with E-state index in [1.807, 2.05) is 0 Å². The van der Waals surface area contributed by atoms with Crippen LogP contribution in [0.5, 0.6) is 5.75 Å². The Bertz CT molecular complexity index is 398. The summed E-state index contributed by atoms with van der Waals surface area (Å²) < 4.78 is 5.46. The number of hydrogen-bond donors (Lipinski definition) is 2. The van der Waals surface area contributed by atoms with Gasteiger partial charge in [0.2, 0.25) is 0 Å². The van der Waals surface area contributed by atoms with Crippen LogP contribution >= 0.6 is 0 Å². The molecule has 3 heteroatoms. The zero-order valence-electron chi connectivity index (χ0n) is 11.7. The molecular weight excluding hydrogens is 224 g/mol. The van der Waals surface area contributed by atoms with E-state index in [0.717, 1.165) is 31.8 Å². The predicted molar refractivity (Wildman–Crippen MR) is 75.4 cm³/mol. The normalized spacial score (nSPS) is 19.2. The van der Waals surface area contributed by atoms with Crippen LogP contribution in [0.3, 0.4) is 0 Å². The van der Waals surface area contributed by atoms with Crippen LogP contribution in [-0.2, 0) is 6.42 Å². The smallest absolute Gasteiger partial charge is 0.122 e. The second-order valence-corrected chi connectivity index (χ2v) is 5.14. The molecule has 0 aliphatic carbocycles. The first-order valence-electron chi connectivity index (χ1n) is 6.79. The van der Waals surface area contributed by atoms with Gasteiger partial charge < -0.3 is 15.4 Å². The van der Waals surface area contributed by atoms with Crippen molar-refractivity contribution in [1.82, 2.24) is 10.6 Å². The maximum absolute atomic E-state index is 5.46. The van der Waals surface area contributed by atoms with E-state index in [4.69, 9.17) is 4.74 Å². The van der Waals surface area contributed by atoms with Gasteiger partial charge in [-0.25, -0.2) is 0 Å². The fraction of sp³-hybridized carbons (Fsp3) is 0.600. The maximum atomic E-state index is 5.46. The molecule has 18 heavy (non-hydrogen) atoms. The van der Waals surface area contributed by atoms with Gasteiger partial charge in [0.05, 0.1) is 7.11 Å². The molecule has 2 rings (SSSR count). The zero-order valence-corrected chi connectivity index (χ0v) is 11.7. The van der Waals surface area contributed by atoms with Crippen molar-refractivity contribution in [2.75, 3.05) is 26.7 Å². The van der Waals surface area contributed by atoms with Gasteiger partial charge in [-0.1, -0.05) is 6.07 Å². The molecule has 1 aromatic carbocycles. The van der Waals surface area contributed by atoms with E-state index in [1.165, 1.54) is 23.1 Å². The van der Waals surface area contributed by atoms with Crippen molar-refractivity contribution in [2.24, 2.45) is 0 Å². The van der Waals surface area contributed by atoms with Gasteiger partial charge in [-0.15, -0.1) is 0 Å². The molecule has 1 aliphatic rings. The molecule has 0 bridgehead atoms. The summed E-state index contributed by atoms with van der Waals surface area (Å²) in [6, 6.07) is 5.03. The minimum Gasteiger partial charge on any atom is -0.496 e. The van der Waals surface area contributed by atoms with E-state index in [-0.39, 0.29) is 0 Å². The van der Waals surface area contributed by atoms with Crippen LogP contribution in [0.2, 0.25) is 0 Å². The first-order valence-corrected chi connectivity index (χ1v) is 6.79. The van der Waals surface area contributed by atoms with Crippen LogP contribution in [0.4, 0.5) is 0 Å². The van der Waals surface area contributed by atoms with Gasteiger partial charge in [0.1, 0.15) is 5.75 Å². The Morgan fingerprint density at radius 1 is 1.33 bits per heavy atom. The molecular formula is C15H24N2O. The van der Waals surface area contributed by atoms with Gasteiger partial charge in [-0.2, -0.15) is 0 Å². The summed E-state index contributed by atoms with van der Waals surface area (Å²) in [5.74, 6) is 1.02. The molecule has 2 N–H and O–H groups in total. The average Bonchev–Trinajstić information content (AvgIpc) is 2.86. The molecule has 0 aromatic heterocycles. The van der Waals surface area contributed by atoms with E-state index in [1.54, 1.807) is 7.11 Å². The highest BCUT2D eigenvalue weighted by atomic mass is 16.5. The van der Waals surface area contributed by atoms with E-state index < -0.39 is 0 Å². The summed E-state index contributed by atoms with van der Waals surface area (Å²) >= 11 is 0. The van der Waals surface area contributed by atoms with E-state index in [9.17, 15) is 0 Å². The third-order valence-corrected chi connectivity index (χ3v) is 3.78. The fourth-order valence-electron chi connectivity index (χ4n) is 2.47. The third kappa shape index (κ3) is 3.24. The Kier molecular flexibility index (Phi) is 4.61. The summed E-state index contributed by atoms with van der Waals surface area (Å²) in [5, 5.41) is 6.97. The van der Waals surface area contributed by atoms with Gasteiger partial charge in [-0.3, -0.25) is 0 Å². The lowest BCUT2D eigenvalue weighted by Gasteiger charge is -2.14. The monoisotopic (exact) mass is 248 g/mol. The number of methoxy groups -OCH3 is 1. The summed E-state index contributed by atoms with van der Waals surface area (Å²) in [7, 11) is 1.75.